The van der Waals surface area contributed by atoms with Gasteiger partial charge in [0.1, 0.15) is 5.75 Å². The molecular weight excluding hydrogens is 234 g/mol. The molecule has 1 aromatic rings. The molecule has 1 rings (SSSR count). The lowest BCUT2D eigenvalue weighted by atomic mass is 10.1. The first-order valence-corrected chi connectivity index (χ1v) is 4.76. The molecule has 0 radical (unpaired) electrons. The van der Waals surface area contributed by atoms with Gasteiger partial charge in [-0.15, -0.1) is 0 Å². The second kappa shape index (κ2) is 5.53. The van der Waals surface area contributed by atoms with E-state index >= 15 is 0 Å². The Morgan fingerprint density at radius 1 is 1.65 bits per heavy atom. The molecule has 0 atom stereocenters. The summed E-state index contributed by atoms with van der Waals surface area (Å²) in [5, 5.41) is 8.61. The average molecular weight is 246 g/mol. The SMILES string of the molecule is COc1cc(CC(=O)O)nc(CN)c1C(F)F. The minimum absolute atomic E-state index is 0.0457. The van der Waals surface area contributed by atoms with Crippen LogP contribution >= 0.6 is 0 Å². The van der Waals surface area contributed by atoms with Crippen LogP contribution in [0, 0.1) is 0 Å². The van der Waals surface area contributed by atoms with E-state index in [-0.39, 0.29) is 35.7 Å². The molecule has 0 saturated heterocycles. The molecule has 0 fully saturated rings. The van der Waals surface area contributed by atoms with Gasteiger partial charge in [0.15, 0.2) is 0 Å². The number of carbonyl (C=O) groups is 1. The molecule has 94 valence electrons. The average Bonchev–Trinajstić information content (AvgIpc) is 2.26. The fourth-order valence-corrected chi connectivity index (χ4v) is 1.44. The van der Waals surface area contributed by atoms with Crippen molar-refractivity contribution in [2.45, 2.75) is 19.4 Å². The van der Waals surface area contributed by atoms with Gasteiger partial charge in [-0.1, -0.05) is 0 Å². The monoisotopic (exact) mass is 246 g/mol. The zero-order valence-corrected chi connectivity index (χ0v) is 9.11. The van der Waals surface area contributed by atoms with Crippen LogP contribution in [0.3, 0.4) is 0 Å². The van der Waals surface area contributed by atoms with E-state index in [9.17, 15) is 13.6 Å². The van der Waals surface area contributed by atoms with E-state index < -0.39 is 12.4 Å². The second-order valence-corrected chi connectivity index (χ2v) is 3.25. The molecule has 0 aliphatic heterocycles. The van der Waals surface area contributed by atoms with Crippen molar-refractivity contribution < 1.29 is 23.4 Å². The van der Waals surface area contributed by atoms with E-state index in [0.29, 0.717) is 0 Å². The van der Waals surface area contributed by atoms with Crippen molar-refractivity contribution in [2.75, 3.05) is 7.11 Å². The van der Waals surface area contributed by atoms with Crippen LogP contribution < -0.4 is 10.5 Å². The normalized spacial score (nSPS) is 10.6. The Morgan fingerprint density at radius 3 is 2.71 bits per heavy atom. The number of halogens is 2. The number of ether oxygens (including phenoxy) is 1. The maximum atomic E-state index is 12.8. The number of carboxylic acids is 1. The minimum atomic E-state index is -2.77. The highest BCUT2D eigenvalue weighted by atomic mass is 19.3. The summed E-state index contributed by atoms with van der Waals surface area (Å²) >= 11 is 0. The van der Waals surface area contributed by atoms with E-state index in [1.54, 1.807) is 0 Å². The van der Waals surface area contributed by atoms with Gasteiger partial charge in [0.25, 0.3) is 6.43 Å². The standard InChI is InChI=1S/C10H12F2N2O3/c1-17-7-2-5(3-8(15)16)14-6(4-13)9(7)10(11)12/h2,10H,3-4,13H2,1H3,(H,15,16). The van der Waals surface area contributed by atoms with Crippen molar-refractivity contribution in [2.24, 2.45) is 5.73 Å². The molecule has 1 heterocycles. The third-order valence-corrected chi connectivity index (χ3v) is 2.12. The summed E-state index contributed by atoms with van der Waals surface area (Å²) in [6, 6.07) is 1.19. The molecule has 0 amide bonds. The Bertz CT molecular complexity index is 399. The molecule has 0 saturated carbocycles. The van der Waals surface area contributed by atoms with E-state index in [2.05, 4.69) is 4.98 Å². The fraction of sp³-hybridized carbons (Fsp3) is 0.400. The Hall–Kier alpha value is -1.76. The number of pyridine rings is 1. The van der Waals surface area contributed by atoms with Crippen molar-refractivity contribution in [1.82, 2.24) is 4.98 Å². The highest BCUT2D eigenvalue weighted by Gasteiger charge is 2.21. The maximum Gasteiger partial charge on any atom is 0.309 e. The predicted octanol–water partition coefficient (Wildman–Crippen LogP) is 1.11. The van der Waals surface area contributed by atoms with Crippen LogP contribution in [-0.2, 0) is 17.8 Å². The number of methoxy groups -OCH3 is 1. The summed E-state index contributed by atoms with van der Waals surface area (Å²) in [5.41, 5.74) is 5.02. The quantitative estimate of drug-likeness (QED) is 0.812. The molecule has 1 aromatic heterocycles. The summed E-state index contributed by atoms with van der Waals surface area (Å²) in [6.07, 6.45) is -3.14. The fourth-order valence-electron chi connectivity index (χ4n) is 1.44. The summed E-state index contributed by atoms with van der Waals surface area (Å²) < 4.78 is 30.3. The molecule has 3 N–H and O–H groups in total. The van der Waals surface area contributed by atoms with Gasteiger partial charge in [-0.2, -0.15) is 0 Å². The highest BCUT2D eigenvalue weighted by molar-refractivity contribution is 5.69. The predicted molar refractivity (Wildman–Crippen MR) is 55.0 cm³/mol. The van der Waals surface area contributed by atoms with Crippen LogP contribution in [0.5, 0.6) is 5.75 Å². The van der Waals surface area contributed by atoms with E-state index in [0.717, 1.165) is 0 Å². The number of rotatable bonds is 5. The second-order valence-electron chi connectivity index (χ2n) is 3.25. The Labute approximate surface area is 96.2 Å². The van der Waals surface area contributed by atoms with Crippen molar-refractivity contribution >= 4 is 5.97 Å². The lowest BCUT2D eigenvalue weighted by Crippen LogP contribution is -2.11. The van der Waals surface area contributed by atoms with Crippen LogP contribution in [0.25, 0.3) is 0 Å². The number of alkyl halides is 2. The molecule has 0 bridgehead atoms. The number of aromatic nitrogens is 1. The highest BCUT2D eigenvalue weighted by Crippen LogP contribution is 2.31. The molecule has 0 aliphatic rings. The van der Waals surface area contributed by atoms with Gasteiger partial charge in [-0.05, 0) is 0 Å². The van der Waals surface area contributed by atoms with Crippen molar-refractivity contribution in [3.05, 3.63) is 23.0 Å². The van der Waals surface area contributed by atoms with Crippen molar-refractivity contribution in [3.63, 3.8) is 0 Å². The molecule has 0 spiro atoms. The first-order valence-electron chi connectivity index (χ1n) is 4.76. The topological polar surface area (TPSA) is 85.4 Å². The summed E-state index contributed by atoms with van der Waals surface area (Å²) in [6.45, 7) is -0.205. The van der Waals surface area contributed by atoms with Crippen LogP contribution in [0.4, 0.5) is 8.78 Å². The van der Waals surface area contributed by atoms with Gasteiger partial charge in [0, 0.05) is 12.6 Å². The molecule has 0 aliphatic carbocycles. The van der Waals surface area contributed by atoms with Crippen LogP contribution in [0.2, 0.25) is 0 Å². The van der Waals surface area contributed by atoms with Gasteiger partial charge in [0.05, 0.1) is 30.5 Å². The van der Waals surface area contributed by atoms with Crippen molar-refractivity contribution in [1.29, 1.82) is 0 Å². The number of hydrogen-bond donors (Lipinski definition) is 2. The number of aliphatic carboxylic acids is 1. The Morgan fingerprint density at radius 2 is 2.29 bits per heavy atom. The number of hydrogen-bond acceptors (Lipinski definition) is 4. The number of nitrogens with two attached hydrogens (primary N) is 1. The Balaban J connectivity index is 3.28. The van der Waals surface area contributed by atoms with Gasteiger partial charge in [-0.25, -0.2) is 8.78 Å². The molecule has 0 unspecified atom stereocenters. The van der Waals surface area contributed by atoms with E-state index in [1.165, 1.54) is 13.2 Å². The Kier molecular flexibility index (Phi) is 4.33. The lowest BCUT2D eigenvalue weighted by molar-refractivity contribution is -0.136. The zero-order chi connectivity index (χ0) is 13.0. The zero-order valence-electron chi connectivity index (χ0n) is 9.11. The molecule has 0 aromatic carbocycles. The third-order valence-electron chi connectivity index (χ3n) is 2.12. The van der Waals surface area contributed by atoms with Gasteiger partial charge < -0.3 is 15.6 Å². The molecular formula is C10H12F2N2O3. The largest absolute Gasteiger partial charge is 0.496 e. The molecule has 17 heavy (non-hydrogen) atoms. The molecule has 7 heteroatoms. The summed E-state index contributed by atoms with van der Waals surface area (Å²) in [5.74, 6) is -1.20. The first-order chi connectivity index (χ1) is 7.99. The first kappa shape index (κ1) is 13.3. The van der Waals surface area contributed by atoms with Crippen LogP contribution in [-0.4, -0.2) is 23.2 Å². The lowest BCUT2D eigenvalue weighted by Gasteiger charge is -2.13. The number of nitrogens with zero attached hydrogens (tertiary/aromatic N) is 1. The van der Waals surface area contributed by atoms with Gasteiger partial charge >= 0.3 is 5.97 Å². The summed E-state index contributed by atoms with van der Waals surface area (Å²) in [4.78, 5) is 14.3. The smallest absolute Gasteiger partial charge is 0.309 e. The van der Waals surface area contributed by atoms with E-state index in [1.807, 2.05) is 0 Å². The summed E-state index contributed by atoms with van der Waals surface area (Å²) in [7, 11) is 1.23. The number of carboxylic acid groups (broad SMARTS) is 1. The van der Waals surface area contributed by atoms with Gasteiger partial charge in [-0.3, -0.25) is 9.78 Å². The van der Waals surface area contributed by atoms with E-state index in [4.69, 9.17) is 15.6 Å². The van der Waals surface area contributed by atoms with Crippen LogP contribution in [0.15, 0.2) is 6.07 Å². The van der Waals surface area contributed by atoms with Gasteiger partial charge in [0.2, 0.25) is 0 Å². The third kappa shape index (κ3) is 3.10. The van der Waals surface area contributed by atoms with Crippen molar-refractivity contribution in [3.8, 4) is 5.75 Å². The minimum Gasteiger partial charge on any atom is -0.496 e. The molecule has 5 nitrogen and oxygen atoms in total. The maximum absolute atomic E-state index is 12.8. The van der Waals surface area contributed by atoms with Crippen LogP contribution in [0.1, 0.15) is 23.4 Å².